The number of benzene rings is 3. The zero-order valence-electron chi connectivity index (χ0n) is 20.2. The van der Waals surface area contributed by atoms with Crippen LogP contribution < -0.4 is 15.9 Å². The zero-order valence-corrected chi connectivity index (χ0v) is 21.1. The SMILES string of the molecule is COC(=O)/C(=C\[P+](c1ccccc1)(c1ccccc1)c1ccccc1)C1CCCC1/C=C(\O)OC. The molecule has 2 atom stereocenters. The average Bonchev–Trinajstić information content (AvgIpc) is 3.38. The molecular weight excluding hydrogens is 455 g/mol. The van der Waals surface area contributed by atoms with Gasteiger partial charge in [0, 0.05) is 5.92 Å². The first-order chi connectivity index (χ1) is 17.1. The van der Waals surface area contributed by atoms with E-state index in [1.54, 1.807) is 6.08 Å². The summed E-state index contributed by atoms with van der Waals surface area (Å²) < 4.78 is 10.4. The molecule has 0 heterocycles. The van der Waals surface area contributed by atoms with Gasteiger partial charge in [-0.25, -0.2) is 4.79 Å². The maximum Gasteiger partial charge on any atom is 0.337 e. The maximum absolute atomic E-state index is 13.4. The largest absolute Gasteiger partial charge is 0.481 e. The molecule has 0 saturated heterocycles. The van der Waals surface area contributed by atoms with Gasteiger partial charge in [-0.1, -0.05) is 61.0 Å². The Morgan fingerprint density at radius 3 is 1.71 bits per heavy atom. The van der Waals surface area contributed by atoms with Crippen molar-refractivity contribution >= 4 is 29.1 Å². The van der Waals surface area contributed by atoms with Crippen LogP contribution in [0.3, 0.4) is 0 Å². The Balaban J connectivity index is 2.02. The van der Waals surface area contributed by atoms with E-state index in [-0.39, 0.29) is 23.8 Å². The fourth-order valence-electron chi connectivity index (χ4n) is 5.11. The predicted octanol–water partition coefficient (Wildman–Crippen LogP) is 5.50. The number of methoxy groups -OCH3 is 2. The van der Waals surface area contributed by atoms with E-state index >= 15 is 0 Å². The second-order valence-electron chi connectivity index (χ2n) is 8.72. The van der Waals surface area contributed by atoms with Crippen molar-refractivity contribution in [3.8, 4) is 0 Å². The molecule has 3 aromatic rings. The number of carbonyl (C=O) groups excluding carboxylic acids is 1. The molecule has 2 unspecified atom stereocenters. The van der Waals surface area contributed by atoms with Gasteiger partial charge >= 0.3 is 5.97 Å². The van der Waals surface area contributed by atoms with Crippen LogP contribution in [0.4, 0.5) is 0 Å². The number of carbonyl (C=O) groups is 1. The lowest BCUT2D eigenvalue weighted by Gasteiger charge is -2.27. The number of aliphatic hydroxyl groups excluding tert-OH is 1. The average molecular weight is 488 g/mol. The zero-order chi connectivity index (χ0) is 24.7. The molecule has 4 nitrogen and oxygen atoms in total. The lowest BCUT2D eigenvalue weighted by molar-refractivity contribution is -0.136. The summed E-state index contributed by atoms with van der Waals surface area (Å²) in [4.78, 5) is 13.4. The highest BCUT2D eigenvalue weighted by molar-refractivity contribution is 7.98. The molecule has 4 rings (SSSR count). The highest BCUT2D eigenvalue weighted by atomic mass is 31.2. The Hall–Kier alpha value is -3.36. The van der Waals surface area contributed by atoms with Crippen LogP contribution in [0.5, 0.6) is 0 Å². The van der Waals surface area contributed by atoms with Crippen LogP contribution in [0.15, 0.2) is 114 Å². The second-order valence-corrected chi connectivity index (χ2v) is 12.0. The van der Waals surface area contributed by atoms with Crippen molar-refractivity contribution in [3.63, 3.8) is 0 Å². The summed E-state index contributed by atoms with van der Waals surface area (Å²) in [7, 11) is 0.515. The molecule has 180 valence electrons. The minimum absolute atomic E-state index is 0.00970. The van der Waals surface area contributed by atoms with Crippen LogP contribution in [0.2, 0.25) is 0 Å². The Bertz CT molecular complexity index is 1080. The summed E-state index contributed by atoms with van der Waals surface area (Å²) in [6, 6.07) is 31.3. The van der Waals surface area contributed by atoms with Gasteiger partial charge < -0.3 is 14.6 Å². The fourth-order valence-corrected chi connectivity index (χ4v) is 9.10. The first-order valence-corrected chi connectivity index (χ1v) is 13.8. The monoisotopic (exact) mass is 487 g/mol. The molecule has 1 N–H and O–H groups in total. The molecule has 0 spiro atoms. The third-order valence-electron chi connectivity index (χ3n) is 6.78. The van der Waals surface area contributed by atoms with Crippen LogP contribution in [0.1, 0.15) is 19.3 Å². The standard InChI is InChI=1S/C30H31O4P/c1-33-29(31)21-23-13-12-20-27(23)28(30(32)34-2)22-35(24-14-6-3-7-15-24,25-16-8-4-9-17-25)26-18-10-5-11-19-26/h3-11,14-19,21-23,27H,12-13,20H2,1-2H3/p+1/b28-22-,29-21+. The van der Waals surface area contributed by atoms with E-state index in [9.17, 15) is 9.90 Å². The molecule has 3 aromatic carbocycles. The number of hydrogen-bond acceptors (Lipinski definition) is 4. The molecule has 5 heteroatoms. The molecule has 0 radical (unpaired) electrons. The summed E-state index contributed by atoms with van der Waals surface area (Å²) in [6.45, 7) is 0. The van der Waals surface area contributed by atoms with Gasteiger partial charge in [0.05, 0.1) is 25.6 Å². The number of allylic oxidation sites excluding steroid dienone is 1. The van der Waals surface area contributed by atoms with Gasteiger partial charge in [0.15, 0.2) is 0 Å². The Morgan fingerprint density at radius 2 is 1.29 bits per heavy atom. The highest BCUT2D eigenvalue weighted by Gasteiger charge is 2.47. The van der Waals surface area contributed by atoms with Crippen LogP contribution in [-0.2, 0) is 14.3 Å². The second kappa shape index (κ2) is 11.4. The predicted molar refractivity (Wildman–Crippen MR) is 144 cm³/mol. The smallest absolute Gasteiger partial charge is 0.337 e. The van der Waals surface area contributed by atoms with E-state index in [1.807, 2.05) is 18.2 Å². The lowest BCUT2D eigenvalue weighted by atomic mass is 9.89. The van der Waals surface area contributed by atoms with Crippen molar-refractivity contribution in [3.05, 3.63) is 114 Å². The van der Waals surface area contributed by atoms with Gasteiger partial charge in [-0.3, -0.25) is 0 Å². The first-order valence-electron chi connectivity index (χ1n) is 11.9. The number of ether oxygens (including phenoxy) is 2. The van der Waals surface area contributed by atoms with Crippen molar-refractivity contribution in [2.45, 2.75) is 19.3 Å². The summed E-state index contributed by atoms with van der Waals surface area (Å²) in [5, 5.41) is 13.6. The molecule has 1 saturated carbocycles. The van der Waals surface area contributed by atoms with Gasteiger partial charge in [-0.15, -0.1) is 0 Å². The minimum Gasteiger partial charge on any atom is -0.481 e. The van der Waals surface area contributed by atoms with Gasteiger partial charge in [-0.2, -0.15) is 0 Å². The molecule has 0 amide bonds. The van der Waals surface area contributed by atoms with Crippen LogP contribution >= 0.6 is 7.26 Å². The fraction of sp³-hybridized carbons (Fsp3) is 0.233. The summed E-state index contributed by atoms with van der Waals surface area (Å²) in [5.41, 5.74) is 0.667. The molecule has 0 aromatic heterocycles. The molecule has 1 aliphatic rings. The number of aliphatic hydroxyl groups is 1. The normalized spacial score (nSPS) is 18.8. The Morgan fingerprint density at radius 1 is 0.800 bits per heavy atom. The van der Waals surface area contributed by atoms with E-state index in [1.165, 1.54) is 30.1 Å². The van der Waals surface area contributed by atoms with Crippen LogP contribution in [-0.4, -0.2) is 25.3 Å². The van der Waals surface area contributed by atoms with E-state index in [2.05, 4.69) is 78.6 Å². The lowest BCUT2D eigenvalue weighted by Crippen LogP contribution is -2.31. The molecular formula is C30H32O4P+. The quantitative estimate of drug-likeness (QED) is 0.197. The topological polar surface area (TPSA) is 55.8 Å². The summed E-state index contributed by atoms with van der Waals surface area (Å²) in [5.74, 6) is 1.69. The Kier molecular flexibility index (Phi) is 8.05. The van der Waals surface area contributed by atoms with Gasteiger partial charge in [-0.05, 0) is 61.2 Å². The molecule has 0 aliphatic heterocycles. The molecule has 1 aliphatic carbocycles. The van der Waals surface area contributed by atoms with E-state index < -0.39 is 7.26 Å². The summed E-state index contributed by atoms with van der Waals surface area (Å²) in [6.07, 6.45) is 4.42. The third kappa shape index (κ3) is 5.18. The van der Waals surface area contributed by atoms with E-state index in [4.69, 9.17) is 9.47 Å². The molecule has 0 bridgehead atoms. The van der Waals surface area contributed by atoms with Gasteiger partial charge in [0.1, 0.15) is 23.2 Å². The Labute approximate surface area is 208 Å². The number of rotatable bonds is 8. The van der Waals surface area contributed by atoms with Gasteiger partial charge in [0.25, 0.3) is 5.95 Å². The van der Waals surface area contributed by atoms with Crippen molar-refractivity contribution < 1.29 is 19.4 Å². The van der Waals surface area contributed by atoms with E-state index in [0.717, 1.165) is 19.3 Å². The summed E-state index contributed by atoms with van der Waals surface area (Å²) >= 11 is 0. The highest BCUT2D eigenvalue weighted by Crippen LogP contribution is 2.59. The van der Waals surface area contributed by atoms with Crippen LogP contribution in [0.25, 0.3) is 0 Å². The number of hydrogen-bond donors (Lipinski definition) is 1. The maximum atomic E-state index is 13.4. The van der Waals surface area contributed by atoms with Crippen LogP contribution in [0, 0.1) is 11.8 Å². The molecule has 1 fully saturated rings. The van der Waals surface area contributed by atoms with Crippen molar-refractivity contribution in [2.75, 3.05) is 14.2 Å². The number of esters is 1. The van der Waals surface area contributed by atoms with E-state index in [0.29, 0.717) is 5.57 Å². The van der Waals surface area contributed by atoms with Gasteiger partial charge in [0.2, 0.25) is 0 Å². The molecule has 35 heavy (non-hydrogen) atoms. The van der Waals surface area contributed by atoms with Crippen molar-refractivity contribution in [1.82, 2.24) is 0 Å². The minimum atomic E-state index is -2.37. The third-order valence-corrected chi connectivity index (χ3v) is 10.8. The van der Waals surface area contributed by atoms with Crippen molar-refractivity contribution in [1.29, 1.82) is 0 Å². The van der Waals surface area contributed by atoms with Crippen molar-refractivity contribution in [2.24, 2.45) is 11.8 Å². The first kappa shape index (κ1) is 24.8.